The number of hydrogen-bond acceptors (Lipinski definition) is 3. The van der Waals surface area contributed by atoms with E-state index < -0.39 is 0 Å². The minimum atomic E-state index is 0. The molecule has 0 amide bonds. The van der Waals surface area contributed by atoms with E-state index in [1.165, 1.54) is 6.42 Å². The van der Waals surface area contributed by atoms with Gasteiger partial charge in [-0.25, -0.2) is 0 Å². The van der Waals surface area contributed by atoms with Gasteiger partial charge < -0.3 is 10.1 Å². The fourth-order valence-electron chi connectivity index (χ4n) is 1.87. The first kappa shape index (κ1) is 13.6. The van der Waals surface area contributed by atoms with Crippen LogP contribution in [-0.2, 0) is 0 Å². The summed E-state index contributed by atoms with van der Waals surface area (Å²) < 4.78 is 1.66. The molecule has 2 rings (SSSR count). The van der Waals surface area contributed by atoms with Crippen molar-refractivity contribution < 1.29 is 5.21 Å². The molecule has 1 aromatic heterocycles. The summed E-state index contributed by atoms with van der Waals surface area (Å²) in [4.78, 5) is 2.12. The average Bonchev–Trinajstić information content (AvgIpc) is 2.24. The Morgan fingerprint density at radius 1 is 1.19 bits per heavy atom. The van der Waals surface area contributed by atoms with Gasteiger partial charge in [-0.3, -0.25) is 0 Å². The minimum Gasteiger partial charge on any atom is -0.426 e. The topological polar surface area (TPSA) is 28.4 Å². The van der Waals surface area contributed by atoms with Crippen LogP contribution in [0.5, 0.6) is 0 Å². The molecule has 1 aliphatic rings. The first-order chi connectivity index (χ1) is 7.18. The SMILES string of the molecule is Cl.On1c(Cl)cc(=S)cc1N1CCCCC1. The molecule has 1 N–H and O–H groups in total. The normalized spacial score (nSPS) is 15.7. The van der Waals surface area contributed by atoms with Crippen LogP contribution in [-0.4, -0.2) is 23.0 Å². The van der Waals surface area contributed by atoms with Crippen molar-refractivity contribution in [3.05, 3.63) is 21.8 Å². The van der Waals surface area contributed by atoms with Gasteiger partial charge in [0, 0.05) is 23.7 Å². The van der Waals surface area contributed by atoms with Crippen LogP contribution in [0.1, 0.15) is 19.3 Å². The van der Waals surface area contributed by atoms with E-state index in [2.05, 4.69) is 4.90 Å². The molecule has 90 valence electrons. The van der Waals surface area contributed by atoms with Crippen molar-refractivity contribution in [1.82, 2.24) is 4.73 Å². The molecule has 1 fully saturated rings. The van der Waals surface area contributed by atoms with Gasteiger partial charge in [-0.2, -0.15) is 4.73 Å². The van der Waals surface area contributed by atoms with Gasteiger partial charge in [-0.15, -0.1) is 12.4 Å². The van der Waals surface area contributed by atoms with Gasteiger partial charge in [0.15, 0.2) is 0 Å². The summed E-state index contributed by atoms with van der Waals surface area (Å²) in [6.07, 6.45) is 3.56. The molecule has 16 heavy (non-hydrogen) atoms. The Kier molecular flexibility index (Phi) is 4.89. The fourth-order valence-corrected chi connectivity index (χ4v) is 2.35. The Morgan fingerprint density at radius 2 is 1.81 bits per heavy atom. The molecule has 0 aromatic carbocycles. The molecule has 0 saturated carbocycles. The maximum Gasteiger partial charge on any atom is 0.149 e. The molecule has 3 nitrogen and oxygen atoms in total. The van der Waals surface area contributed by atoms with E-state index in [0.717, 1.165) is 30.7 Å². The number of rotatable bonds is 1. The number of anilines is 1. The van der Waals surface area contributed by atoms with E-state index in [0.29, 0.717) is 10.3 Å². The molecule has 0 aliphatic carbocycles. The Morgan fingerprint density at radius 3 is 2.44 bits per heavy atom. The monoisotopic (exact) mass is 280 g/mol. The summed E-state index contributed by atoms with van der Waals surface area (Å²) in [6.45, 7) is 1.91. The van der Waals surface area contributed by atoms with E-state index in [-0.39, 0.29) is 17.6 Å². The quantitative estimate of drug-likeness (QED) is 0.485. The van der Waals surface area contributed by atoms with Gasteiger partial charge in [0.25, 0.3) is 0 Å². The maximum atomic E-state index is 9.77. The van der Waals surface area contributed by atoms with Gasteiger partial charge in [-0.1, -0.05) is 23.8 Å². The molecule has 6 heteroatoms. The second-order valence-electron chi connectivity index (χ2n) is 3.73. The highest BCUT2D eigenvalue weighted by Gasteiger charge is 2.15. The summed E-state index contributed by atoms with van der Waals surface area (Å²) in [6, 6.07) is 3.36. The molecule has 0 bridgehead atoms. The zero-order valence-electron chi connectivity index (χ0n) is 8.73. The number of halogens is 2. The highest BCUT2D eigenvalue weighted by molar-refractivity contribution is 7.71. The lowest BCUT2D eigenvalue weighted by molar-refractivity contribution is 0.187. The van der Waals surface area contributed by atoms with Crippen LogP contribution >= 0.6 is 36.2 Å². The minimum absolute atomic E-state index is 0. The summed E-state index contributed by atoms with van der Waals surface area (Å²) in [5, 5.41) is 10.0. The van der Waals surface area contributed by atoms with E-state index in [1.54, 1.807) is 12.1 Å². The Labute approximate surface area is 111 Å². The average molecular weight is 281 g/mol. The van der Waals surface area contributed by atoms with Gasteiger partial charge >= 0.3 is 0 Å². The van der Waals surface area contributed by atoms with Crippen LogP contribution in [0.2, 0.25) is 5.15 Å². The molecular formula is C10H14Cl2N2OS. The number of aromatic nitrogens is 1. The summed E-state index contributed by atoms with van der Waals surface area (Å²) in [5.41, 5.74) is 0. The first-order valence-corrected chi connectivity index (χ1v) is 5.84. The third-order valence-electron chi connectivity index (χ3n) is 2.63. The van der Waals surface area contributed by atoms with Gasteiger partial charge in [0.2, 0.25) is 0 Å². The zero-order chi connectivity index (χ0) is 10.8. The maximum absolute atomic E-state index is 9.77. The second-order valence-corrected chi connectivity index (χ2v) is 4.59. The molecule has 1 aromatic rings. The van der Waals surface area contributed by atoms with Crippen LogP contribution in [0.3, 0.4) is 0 Å². The number of piperidine rings is 1. The van der Waals surface area contributed by atoms with Gasteiger partial charge in [0.05, 0.1) is 0 Å². The van der Waals surface area contributed by atoms with E-state index in [4.69, 9.17) is 23.8 Å². The summed E-state index contributed by atoms with van der Waals surface area (Å²) in [5.74, 6) is 0.701. The lowest BCUT2D eigenvalue weighted by Crippen LogP contribution is -2.31. The van der Waals surface area contributed by atoms with Crippen LogP contribution in [0.15, 0.2) is 12.1 Å². The summed E-state index contributed by atoms with van der Waals surface area (Å²) >= 11 is 10.9. The predicted octanol–water partition coefficient (Wildman–Crippen LogP) is 3.52. The van der Waals surface area contributed by atoms with Crippen molar-refractivity contribution in [2.75, 3.05) is 18.0 Å². The zero-order valence-corrected chi connectivity index (χ0v) is 11.1. The lowest BCUT2D eigenvalue weighted by atomic mass is 10.1. The highest BCUT2D eigenvalue weighted by Crippen LogP contribution is 2.22. The van der Waals surface area contributed by atoms with Crippen molar-refractivity contribution >= 4 is 42.0 Å². The number of pyridine rings is 1. The molecule has 2 heterocycles. The van der Waals surface area contributed by atoms with Crippen LogP contribution in [0.25, 0.3) is 0 Å². The molecule has 1 saturated heterocycles. The van der Waals surface area contributed by atoms with Crippen molar-refractivity contribution in [2.45, 2.75) is 19.3 Å². The molecule has 0 spiro atoms. The van der Waals surface area contributed by atoms with Gasteiger partial charge in [0.1, 0.15) is 11.0 Å². The molecule has 0 atom stereocenters. The number of nitrogens with zero attached hydrogens (tertiary/aromatic N) is 2. The third kappa shape index (κ3) is 2.81. The van der Waals surface area contributed by atoms with Crippen molar-refractivity contribution in [1.29, 1.82) is 0 Å². The van der Waals surface area contributed by atoms with E-state index in [1.807, 2.05) is 0 Å². The first-order valence-electron chi connectivity index (χ1n) is 5.05. The Balaban J connectivity index is 0.00000128. The third-order valence-corrected chi connectivity index (χ3v) is 3.14. The van der Waals surface area contributed by atoms with E-state index in [9.17, 15) is 5.21 Å². The molecule has 1 aliphatic heterocycles. The van der Waals surface area contributed by atoms with Crippen molar-refractivity contribution in [2.24, 2.45) is 0 Å². The number of hydrogen-bond donors (Lipinski definition) is 1. The lowest BCUT2D eigenvalue weighted by Gasteiger charge is -2.29. The second kappa shape index (κ2) is 5.75. The molecule has 0 unspecified atom stereocenters. The smallest absolute Gasteiger partial charge is 0.149 e. The predicted molar refractivity (Wildman–Crippen MR) is 70.8 cm³/mol. The van der Waals surface area contributed by atoms with Crippen molar-refractivity contribution in [3.63, 3.8) is 0 Å². The molecule has 0 radical (unpaired) electrons. The fraction of sp³-hybridized carbons (Fsp3) is 0.500. The van der Waals surface area contributed by atoms with Crippen LogP contribution in [0, 0.1) is 4.51 Å². The Hall–Kier alpha value is -0.450. The highest BCUT2D eigenvalue weighted by atomic mass is 35.5. The Bertz CT molecular complexity index is 416. The largest absolute Gasteiger partial charge is 0.426 e. The van der Waals surface area contributed by atoms with E-state index >= 15 is 0 Å². The molecular weight excluding hydrogens is 267 g/mol. The standard InChI is InChI=1S/C10H13ClN2OS.ClH/c11-9-6-8(15)7-10(13(9)14)12-4-2-1-3-5-12;/h6-7,14H,1-5H2;1H. The van der Waals surface area contributed by atoms with Crippen LogP contribution in [0.4, 0.5) is 5.82 Å². The van der Waals surface area contributed by atoms with Crippen LogP contribution < -0.4 is 4.90 Å². The summed E-state index contributed by atoms with van der Waals surface area (Å²) in [7, 11) is 0. The van der Waals surface area contributed by atoms with Gasteiger partial charge in [-0.05, 0) is 25.3 Å². The van der Waals surface area contributed by atoms with Crippen molar-refractivity contribution in [3.8, 4) is 0 Å².